The Labute approximate surface area is 153 Å². The van der Waals surface area contributed by atoms with Crippen LogP contribution in [0.3, 0.4) is 0 Å². The fourth-order valence-electron chi connectivity index (χ4n) is 2.60. The first-order valence-electron chi connectivity index (χ1n) is 8.60. The Kier molecular flexibility index (Phi) is 6.50. The van der Waals surface area contributed by atoms with Gasteiger partial charge in [0.15, 0.2) is 0 Å². The lowest BCUT2D eigenvalue weighted by Gasteiger charge is -2.23. The number of hydrogen-bond acceptors (Lipinski definition) is 6. The van der Waals surface area contributed by atoms with Gasteiger partial charge in [0.1, 0.15) is 6.33 Å². The topological polar surface area (TPSA) is 63.2 Å². The molecule has 6 nitrogen and oxygen atoms in total. The molecule has 0 aliphatic rings. The van der Waals surface area contributed by atoms with Crippen LogP contribution in [-0.2, 0) is 17.8 Å². The molecule has 0 saturated heterocycles. The van der Waals surface area contributed by atoms with Gasteiger partial charge in [0.05, 0.1) is 6.61 Å². The van der Waals surface area contributed by atoms with Gasteiger partial charge >= 0.3 is 0 Å². The van der Waals surface area contributed by atoms with Crippen LogP contribution in [0.2, 0.25) is 0 Å². The highest BCUT2D eigenvalue weighted by atomic mass is 16.5. The van der Waals surface area contributed by atoms with Crippen LogP contribution in [0, 0.1) is 0 Å². The lowest BCUT2D eigenvalue weighted by Crippen LogP contribution is -2.25. The molecule has 0 unspecified atom stereocenters. The van der Waals surface area contributed by atoms with Crippen molar-refractivity contribution in [2.75, 3.05) is 30.5 Å². The third kappa shape index (κ3) is 5.26. The summed E-state index contributed by atoms with van der Waals surface area (Å²) in [5.41, 5.74) is 2.41. The minimum Gasteiger partial charge on any atom is -0.383 e. The van der Waals surface area contributed by atoms with E-state index in [1.165, 1.54) is 11.1 Å². The van der Waals surface area contributed by atoms with E-state index in [2.05, 4.69) is 49.4 Å². The van der Waals surface area contributed by atoms with E-state index < -0.39 is 0 Å². The van der Waals surface area contributed by atoms with Crippen LogP contribution in [0.25, 0.3) is 0 Å². The summed E-state index contributed by atoms with van der Waals surface area (Å²) in [5.74, 6) is 1.20. The van der Waals surface area contributed by atoms with Crippen molar-refractivity contribution in [3.8, 4) is 0 Å². The van der Waals surface area contributed by atoms with Gasteiger partial charge in [-0.15, -0.1) is 0 Å². The minimum atomic E-state index is 0.554. The fourth-order valence-corrected chi connectivity index (χ4v) is 2.60. The second-order valence-electron chi connectivity index (χ2n) is 5.86. The van der Waals surface area contributed by atoms with Crippen molar-refractivity contribution in [2.45, 2.75) is 13.1 Å². The first-order chi connectivity index (χ1) is 12.8. The van der Waals surface area contributed by atoms with Crippen molar-refractivity contribution in [2.24, 2.45) is 0 Å². The second kappa shape index (κ2) is 9.48. The first-order valence-corrected chi connectivity index (χ1v) is 8.60. The first kappa shape index (κ1) is 17.8. The molecule has 0 saturated carbocycles. The quantitative estimate of drug-likeness (QED) is 0.599. The molecule has 0 bridgehead atoms. The number of hydrogen-bond donors (Lipinski definition) is 1. The molecule has 0 aliphatic carbocycles. The molecule has 6 heteroatoms. The van der Waals surface area contributed by atoms with Gasteiger partial charge in [-0.1, -0.05) is 60.7 Å². The van der Waals surface area contributed by atoms with Gasteiger partial charge in [0.25, 0.3) is 0 Å². The standard InChI is InChI=1S/C20H23N5O/c1-26-13-12-21-19-22-16-23-20(24-19)25(14-17-8-4-2-5-9-17)15-18-10-6-3-7-11-18/h2-11,16H,12-15H2,1H3,(H,21,22,23,24). The largest absolute Gasteiger partial charge is 0.383 e. The van der Waals surface area contributed by atoms with E-state index in [1.807, 2.05) is 36.4 Å². The van der Waals surface area contributed by atoms with E-state index in [9.17, 15) is 0 Å². The van der Waals surface area contributed by atoms with E-state index in [1.54, 1.807) is 13.4 Å². The van der Waals surface area contributed by atoms with E-state index in [0.29, 0.717) is 25.0 Å². The molecule has 1 N–H and O–H groups in total. The van der Waals surface area contributed by atoms with Crippen molar-refractivity contribution < 1.29 is 4.74 Å². The predicted molar refractivity (Wildman–Crippen MR) is 103 cm³/mol. The molecule has 0 spiro atoms. The van der Waals surface area contributed by atoms with Crippen LogP contribution in [0.1, 0.15) is 11.1 Å². The summed E-state index contributed by atoms with van der Waals surface area (Å²) in [5, 5.41) is 3.15. The molecule has 2 aromatic carbocycles. The Morgan fingerprint density at radius 2 is 1.50 bits per heavy atom. The summed E-state index contributed by atoms with van der Waals surface area (Å²) in [4.78, 5) is 15.3. The lowest BCUT2D eigenvalue weighted by atomic mass is 10.2. The summed E-state index contributed by atoms with van der Waals surface area (Å²) in [6.45, 7) is 2.69. The number of rotatable bonds is 9. The average Bonchev–Trinajstić information content (AvgIpc) is 2.70. The maximum absolute atomic E-state index is 5.06. The molecule has 3 aromatic rings. The monoisotopic (exact) mass is 349 g/mol. The van der Waals surface area contributed by atoms with Crippen LogP contribution >= 0.6 is 0 Å². The molecular formula is C20H23N5O. The highest BCUT2D eigenvalue weighted by Crippen LogP contribution is 2.17. The van der Waals surface area contributed by atoms with Crippen LogP contribution in [0.15, 0.2) is 67.0 Å². The van der Waals surface area contributed by atoms with Gasteiger partial charge in [0, 0.05) is 26.7 Å². The van der Waals surface area contributed by atoms with Crippen LogP contribution in [0.4, 0.5) is 11.9 Å². The third-order valence-electron chi connectivity index (χ3n) is 3.86. The van der Waals surface area contributed by atoms with Crippen LogP contribution in [-0.4, -0.2) is 35.2 Å². The minimum absolute atomic E-state index is 0.554. The number of anilines is 2. The normalized spacial score (nSPS) is 10.5. The molecule has 26 heavy (non-hydrogen) atoms. The van der Waals surface area contributed by atoms with Gasteiger partial charge in [-0.25, -0.2) is 9.97 Å². The van der Waals surface area contributed by atoms with Gasteiger partial charge < -0.3 is 15.0 Å². The summed E-state index contributed by atoms with van der Waals surface area (Å²) in [6.07, 6.45) is 1.54. The van der Waals surface area contributed by atoms with Crippen molar-refractivity contribution in [1.29, 1.82) is 0 Å². The smallest absolute Gasteiger partial charge is 0.230 e. The number of methoxy groups -OCH3 is 1. The Balaban J connectivity index is 1.81. The zero-order valence-electron chi connectivity index (χ0n) is 14.9. The molecule has 1 aromatic heterocycles. The van der Waals surface area contributed by atoms with Gasteiger partial charge in [-0.2, -0.15) is 4.98 Å². The molecule has 134 valence electrons. The Morgan fingerprint density at radius 3 is 2.08 bits per heavy atom. The predicted octanol–water partition coefficient (Wildman–Crippen LogP) is 3.14. The SMILES string of the molecule is COCCNc1ncnc(N(Cc2ccccc2)Cc2ccccc2)n1. The van der Waals surface area contributed by atoms with Gasteiger partial charge in [-0.05, 0) is 11.1 Å². The fraction of sp³-hybridized carbons (Fsp3) is 0.250. The number of benzene rings is 2. The van der Waals surface area contributed by atoms with E-state index in [-0.39, 0.29) is 0 Å². The van der Waals surface area contributed by atoms with Crippen molar-refractivity contribution >= 4 is 11.9 Å². The van der Waals surface area contributed by atoms with E-state index >= 15 is 0 Å². The van der Waals surface area contributed by atoms with Gasteiger partial charge in [-0.3, -0.25) is 0 Å². The number of aromatic nitrogens is 3. The third-order valence-corrected chi connectivity index (χ3v) is 3.86. The number of nitrogens with one attached hydrogen (secondary N) is 1. The van der Waals surface area contributed by atoms with Crippen molar-refractivity contribution in [3.63, 3.8) is 0 Å². The highest BCUT2D eigenvalue weighted by molar-refractivity contribution is 5.38. The number of ether oxygens (including phenoxy) is 1. The van der Waals surface area contributed by atoms with E-state index in [4.69, 9.17) is 4.74 Å². The molecule has 0 amide bonds. The highest BCUT2D eigenvalue weighted by Gasteiger charge is 2.12. The second-order valence-corrected chi connectivity index (χ2v) is 5.86. The van der Waals surface area contributed by atoms with Gasteiger partial charge in [0.2, 0.25) is 11.9 Å². The summed E-state index contributed by atoms with van der Waals surface area (Å²) >= 11 is 0. The van der Waals surface area contributed by atoms with E-state index in [0.717, 1.165) is 13.1 Å². The van der Waals surface area contributed by atoms with Crippen LogP contribution in [0.5, 0.6) is 0 Å². The molecule has 0 fully saturated rings. The Hall–Kier alpha value is -2.99. The zero-order valence-corrected chi connectivity index (χ0v) is 14.9. The molecule has 0 aliphatic heterocycles. The molecule has 0 atom stereocenters. The van der Waals surface area contributed by atoms with Crippen molar-refractivity contribution in [3.05, 3.63) is 78.1 Å². The van der Waals surface area contributed by atoms with Crippen LogP contribution < -0.4 is 10.2 Å². The summed E-state index contributed by atoms with van der Waals surface area (Å²) in [7, 11) is 1.67. The molecule has 3 rings (SSSR count). The average molecular weight is 349 g/mol. The number of nitrogens with zero attached hydrogens (tertiary/aromatic N) is 4. The lowest BCUT2D eigenvalue weighted by molar-refractivity contribution is 0.210. The summed E-state index contributed by atoms with van der Waals surface area (Å²) < 4.78 is 5.06. The summed E-state index contributed by atoms with van der Waals surface area (Å²) in [6, 6.07) is 20.6. The van der Waals surface area contributed by atoms with Crippen molar-refractivity contribution in [1.82, 2.24) is 15.0 Å². The zero-order chi connectivity index (χ0) is 18.0. The maximum Gasteiger partial charge on any atom is 0.230 e. The molecule has 1 heterocycles. The molecule has 0 radical (unpaired) electrons. The molecular weight excluding hydrogens is 326 g/mol. The Bertz CT molecular complexity index is 741. The maximum atomic E-state index is 5.06. The Morgan fingerprint density at radius 1 is 0.885 bits per heavy atom.